The minimum Gasteiger partial charge on any atom is -0.387 e. The van der Waals surface area contributed by atoms with Crippen LogP contribution in [0.1, 0.15) is 34.4 Å². The predicted octanol–water partition coefficient (Wildman–Crippen LogP) is 3.21. The van der Waals surface area contributed by atoms with Crippen molar-refractivity contribution in [2.24, 2.45) is 0 Å². The summed E-state index contributed by atoms with van der Waals surface area (Å²) in [5.74, 6) is 0. The third-order valence-electron chi connectivity index (χ3n) is 3.21. The van der Waals surface area contributed by atoms with Crippen LogP contribution in [0.4, 0.5) is 5.13 Å². The first kappa shape index (κ1) is 12.1. The molecule has 3 rings (SSSR count). The quantitative estimate of drug-likeness (QED) is 0.938. The fourth-order valence-electron chi connectivity index (χ4n) is 2.25. The fourth-order valence-corrected chi connectivity index (χ4v) is 4.12. The predicted molar refractivity (Wildman–Crippen MR) is 76.4 cm³/mol. The Bertz CT molecular complexity index is 521. The van der Waals surface area contributed by atoms with Gasteiger partial charge in [0.25, 0.3) is 0 Å². The van der Waals surface area contributed by atoms with Gasteiger partial charge in [0.2, 0.25) is 0 Å². The number of fused-ring (bicyclic) bond motifs is 1. The summed E-state index contributed by atoms with van der Waals surface area (Å²) in [6, 6.07) is 4.22. The van der Waals surface area contributed by atoms with E-state index in [1.807, 2.05) is 0 Å². The Hall–Kier alpha value is -0.910. The van der Waals surface area contributed by atoms with Crippen LogP contribution in [0.5, 0.6) is 0 Å². The molecule has 5 heteroatoms. The number of nitrogens with zero attached hydrogens (tertiary/aromatic N) is 2. The highest BCUT2D eigenvalue weighted by Gasteiger charge is 2.23. The zero-order valence-electron chi connectivity index (χ0n) is 10.3. The van der Waals surface area contributed by atoms with Crippen molar-refractivity contribution in [3.63, 3.8) is 0 Å². The minimum atomic E-state index is -0.353. The van der Waals surface area contributed by atoms with Crippen molar-refractivity contribution in [1.29, 1.82) is 0 Å². The van der Waals surface area contributed by atoms with Gasteiger partial charge >= 0.3 is 0 Å². The van der Waals surface area contributed by atoms with Gasteiger partial charge in [0.15, 0.2) is 5.13 Å². The number of aliphatic hydroxyl groups is 1. The molecule has 3 nitrogen and oxygen atoms in total. The monoisotopic (exact) mass is 280 g/mol. The topological polar surface area (TPSA) is 36.4 Å². The molecule has 1 atom stereocenters. The number of thiophene rings is 1. The molecule has 0 fully saturated rings. The number of hydrogen-bond donors (Lipinski definition) is 1. The average Bonchev–Trinajstić information content (AvgIpc) is 2.97. The van der Waals surface area contributed by atoms with E-state index in [0.29, 0.717) is 0 Å². The number of rotatable bonds is 3. The van der Waals surface area contributed by atoms with Gasteiger partial charge in [0.05, 0.1) is 18.3 Å². The summed E-state index contributed by atoms with van der Waals surface area (Å²) >= 11 is 3.50. The average molecular weight is 280 g/mol. The SMILES string of the molecule is CN(Cc1cccs1)c1nc2c(s1)CCCC2O. The van der Waals surface area contributed by atoms with Crippen molar-refractivity contribution in [3.8, 4) is 0 Å². The number of aromatic nitrogens is 1. The first-order valence-corrected chi connectivity index (χ1v) is 7.85. The van der Waals surface area contributed by atoms with Crippen molar-refractivity contribution in [1.82, 2.24) is 4.98 Å². The van der Waals surface area contributed by atoms with Crippen LogP contribution in [-0.2, 0) is 13.0 Å². The molecule has 0 aliphatic heterocycles. The van der Waals surface area contributed by atoms with Gasteiger partial charge in [0.1, 0.15) is 0 Å². The van der Waals surface area contributed by atoms with Gasteiger partial charge in [-0.2, -0.15) is 0 Å². The molecule has 1 unspecified atom stereocenters. The van der Waals surface area contributed by atoms with Crippen LogP contribution in [0.25, 0.3) is 0 Å². The van der Waals surface area contributed by atoms with E-state index in [1.165, 1.54) is 9.75 Å². The second-order valence-electron chi connectivity index (χ2n) is 4.65. The van der Waals surface area contributed by atoms with E-state index in [4.69, 9.17) is 0 Å². The molecule has 2 aromatic rings. The van der Waals surface area contributed by atoms with Crippen molar-refractivity contribution >= 4 is 27.8 Å². The van der Waals surface area contributed by atoms with E-state index < -0.39 is 0 Å². The van der Waals surface area contributed by atoms with E-state index in [9.17, 15) is 5.11 Å². The standard InChI is InChI=1S/C13H16N2OS2/c1-15(8-9-4-3-7-17-9)13-14-12-10(16)5-2-6-11(12)18-13/h3-4,7,10,16H,2,5-6,8H2,1H3. The van der Waals surface area contributed by atoms with E-state index >= 15 is 0 Å². The molecule has 18 heavy (non-hydrogen) atoms. The van der Waals surface area contributed by atoms with Gasteiger partial charge in [-0.1, -0.05) is 6.07 Å². The lowest BCUT2D eigenvalue weighted by Crippen LogP contribution is -2.15. The molecule has 0 amide bonds. The van der Waals surface area contributed by atoms with Crippen LogP contribution >= 0.6 is 22.7 Å². The third-order valence-corrected chi connectivity index (χ3v) is 5.32. The van der Waals surface area contributed by atoms with Crippen LogP contribution in [0, 0.1) is 0 Å². The van der Waals surface area contributed by atoms with Crippen LogP contribution < -0.4 is 4.90 Å². The Morgan fingerprint density at radius 1 is 1.56 bits per heavy atom. The number of thiazole rings is 1. The van der Waals surface area contributed by atoms with Gasteiger partial charge < -0.3 is 10.0 Å². The summed E-state index contributed by atoms with van der Waals surface area (Å²) in [6.45, 7) is 0.889. The fraction of sp³-hybridized carbons (Fsp3) is 0.462. The third kappa shape index (κ3) is 2.30. The Morgan fingerprint density at radius 2 is 2.44 bits per heavy atom. The van der Waals surface area contributed by atoms with E-state index in [0.717, 1.165) is 36.6 Å². The maximum atomic E-state index is 9.94. The minimum absolute atomic E-state index is 0.353. The Labute approximate surface area is 115 Å². The largest absolute Gasteiger partial charge is 0.387 e. The highest BCUT2D eigenvalue weighted by atomic mass is 32.1. The molecule has 0 saturated carbocycles. The molecule has 0 radical (unpaired) electrons. The first-order chi connectivity index (χ1) is 8.74. The molecule has 1 N–H and O–H groups in total. The number of aryl methyl sites for hydroxylation is 1. The highest BCUT2D eigenvalue weighted by molar-refractivity contribution is 7.15. The van der Waals surface area contributed by atoms with Crippen molar-refractivity contribution < 1.29 is 5.11 Å². The van der Waals surface area contributed by atoms with Crippen LogP contribution in [0.3, 0.4) is 0 Å². The Kier molecular flexibility index (Phi) is 3.37. The normalized spacial score (nSPS) is 18.7. The Morgan fingerprint density at radius 3 is 3.17 bits per heavy atom. The maximum Gasteiger partial charge on any atom is 0.185 e. The first-order valence-electron chi connectivity index (χ1n) is 6.15. The number of aliphatic hydroxyl groups excluding tert-OH is 1. The molecular formula is C13H16N2OS2. The summed E-state index contributed by atoms with van der Waals surface area (Å²) in [7, 11) is 2.07. The molecule has 96 valence electrons. The summed E-state index contributed by atoms with van der Waals surface area (Å²) in [5, 5.41) is 13.1. The van der Waals surface area contributed by atoms with Gasteiger partial charge in [-0.15, -0.1) is 22.7 Å². The lowest BCUT2D eigenvalue weighted by molar-refractivity contribution is 0.153. The van der Waals surface area contributed by atoms with Gasteiger partial charge in [0, 0.05) is 16.8 Å². The summed E-state index contributed by atoms with van der Waals surface area (Å²) in [6.07, 6.45) is 2.64. The molecule has 2 heterocycles. The molecule has 1 aliphatic carbocycles. The van der Waals surface area contributed by atoms with Gasteiger partial charge in [-0.05, 0) is 30.7 Å². The molecule has 0 spiro atoms. The van der Waals surface area contributed by atoms with E-state index in [1.54, 1.807) is 22.7 Å². The molecule has 0 aromatic carbocycles. The lowest BCUT2D eigenvalue weighted by atomic mass is 10.0. The van der Waals surface area contributed by atoms with Crippen LogP contribution in [-0.4, -0.2) is 17.1 Å². The molecular weight excluding hydrogens is 264 g/mol. The molecule has 2 aromatic heterocycles. The summed E-state index contributed by atoms with van der Waals surface area (Å²) in [4.78, 5) is 9.38. The second-order valence-corrected chi connectivity index (χ2v) is 6.74. The Balaban J connectivity index is 1.80. The van der Waals surface area contributed by atoms with Crippen LogP contribution in [0.2, 0.25) is 0 Å². The lowest BCUT2D eigenvalue weighted by Gasteiger charge is -2.15. The van der Waals surface area contributed by atoms with Crippen LogP contribution in [0.15, 0.2) is 17.5 Å². The second kappa shape index (κ2) is 4.99. The van der Waals surface area contributed by atoms with Crippen molar-refractivity contribution in [2.45, 2.75) is 31.9 Å². The summed E-state index contributed by atoms with van der Waals surface area (Å²) in [5.41, 5.74) is 0.916. The number of anilines is 1. The van der Waals surface area contributed by atoms with Gasteiger partial charge in [-0.3, -0.25) is 0 Å². The van der Waals surface area contributed by atoms with E-state index in [2.05, 4.69) is 34.4 Å². The van der Waals surface area contributed by atoms with Crippen molar-refractivity contribution in [3.05, 3.63) is 33.0 Å². The maximum absolute atomic E-state index is 9.94. The highest BCUT2D eigenvalue weighted by Crippen LogP contribution is 2.36. The molecule has 0 saturated heterocycles. The van der Waals surface area contributed by atoms with Crippen molar-refractivity contribution in [2.75, 3.05) is 11.9 Å². The smallest absolute Gasteiger partial charge is 0.185 e. The zero-order valence-corrected chi connectivity index (χ0v) is 11.9. The van der Waals surface area contributed by atoms with Gasteiger partial charge in [-0.25, -0.2) is 4.98 Å². The summed E-state index contributed by atoms with van der Waals surface area (Å²) < 4.78 is 0. The molecule has 1 aliphatic rings. The number of hydrogen-bond acceptors (Lipinski definition) is 5. The molecule has 0 bridgehead atoms. The zero-order chi connectivity index (χ0) is 12.5. The van der Waals surface area contributed by atoms with E-state index in [-0.39, 0.29) is 6.10 Å².